The van der Waals surface area contributed by atoms with E-state index in [1.165, 1.54) is 6.08 Å². The molecule has 0 heterocycles. The Morgan fingerprint density at radius 3 is 2.18 bits per heavy atom. The average molecular weight is 335 g/mol. The molecule has 0 radical (unpaired) electrons. The monoisotopic (exact) mass is 334 g/mol. The van der Waals surface area contributed by atoms with E-state index in [-0.39, 0.29) is 5.97 Å². The van der Waals surface area contributed by atoms with Crippen molar-refractivity contribution in [2.75, 3.05) is 6.61 Å². The van der Waals surface area contributed by atoms with Crippen LogP contribution in [0.3, 0.4) is 0 Å². The van der Waals surface area contributed by atoms with Crippen LogP contribution >= 0.6 is 23.2 Å². The van der Waals surface area contributed by atoms with Gasteiger partial charge in [-0.05, 0) is 54.3 Å². The van der Waals surface area contributed by atoms with Crippen molar-refractivity contribution >= 4 is 34.7 Å². The molecule has 0 aliphatic carbocycles. The number of rotatable bonds is 4. The summed E-state index contributed by atoms with van der Waals surface area (Å²) in [6, 6.07) is 13.3. The molecule has 0 bridgehead atoms. The van der Waals surface area contributed by atoms with Crippen molar-refractivity contribution in [3.05, 3.63) is 64.1 Å². The van der Waals surface area contributed by atoms with Crippen LogP contribution in [0.2, 0.25) is 10.0 Å². The van der Waals surface area contributed by atoms with Crippen LogP contribution in [0.15, 0.2) is 48.5 Å². The first-order valence-electron chi connectivity index (χ1n) is 6.91. The lowest BCUT2D eigenvalue weighted by Crippen LogP contribution is -2.00. The van der Waals surface area contributed by atoms with E-state index in [1.807, 2.05) is 43.3 Å². The maximum absolute atomic E-state index is 11.5. The number of hydrogen-bond acceptors (Lipinski definition) is 2. The van der Waals surface area contributed by atoms with Crippen molar-refractivity contribution in [2.24, 2.45) is 0 Å². The van der Waals surface area contributed by atoms with Gasteiger partial charge in [-0.2, -0.15) is 0 Å². The lowest BCUT2D eigenvalue weighted by atomic mass is 10.0. The molecule has 0 amide bonds. The SMILES string of the molecule is CCOC(=O)/C=C(\C)c1ccc(-c2cc(Cl)cc(Cl)c2)cc1. The van der Waals surface area contributed by atoms with Crippen LogP contribution < -0.4 is 0 Å². The summed E-state index contributed by atoms with van der Waals surface area (Å²) in [5, 5.41) is 1.20. The average Bonchev–Trinajstić information content (AvgIpc) is 2.46. The van der Waals surface area contributed by atoms with Crippen molar-refractivity contribution in [2.45, 2.75) is 13.8 Å². The summed E-state index contributed by atoms with van der Waals surface area (Å²) in [7, 11) is 0. The van der Waals surface area contributed by atoms with E-state index in [0.717, 1.165) is 22.3 Å². The van der Waals surface area contributed by atoms with Crippen molar-refractivity contribution in [1.29, 1.82) is 0 Å². The fourth-order valence-electron chi connectivity index (χ4n) is 2.09. The van der Waals surface area contributed by atoms with E-state index in [2.05, 4.69) is 0 Å². The van der Waals surface area contributed by atoms with E-state index in [9.17, 15) is 4.79 Å². The van der Waals surface area contributed by atoms with Crippen LogP contribution in [0.25, 0.3) is 16.7 Å². The van der Waals surface area contributed by atoms with E-state index < -0.39 is 0 Å². The highest BCUT2D eigenvalue weighted by Crippen LogP contribution is 2.28. The van der Waals surface area contributed by atoms with E-state index in [1.54, 1.807) is 13.0 Å². The van der Waals surface area contributed by atoms with Crippen LogP contribution in [0.5, 0.6) is 0 Å². The molecule has 2 nitrogen and oxygen atoms in total. The van der Waals surface area contributed by atoms with Crippen molar-refractivity contribution < 1.29 is 9.53 Å². The van der Waals surface area contributed by atoms with Crippen LogP contribution in [0.4, 0.5) is 0 Å². The van der Waals surface area contributed by atoms with Crippen LogP contribution in [0, 0.1) is 0 Å². The number of esters is 1. The zero-order valence-electron chi connectivity index (χ0n) is 12.4. The first-order valence-corrected chi connectivity index (χ1v) is 7.67. The third-order valence-corrected chi connectivity index (χ3v) is 3.59. The summed E-state index contributed by atoms with van der Waals surface area (Å²) in [6.45, 7) is 4.03. The molecule has 0 saturated carbocycles. The maximum Gasteiger partial charge on any atom is 0.331 e. The van der Waals surface area contributed by atoms with Gasteiger partial charge in [0.25, 0.3) is 0 Å². The van der Waals surface area contributed by atoms with E-state index >= 15 is 0 Å². The number of allylic oxidation sites excluding steroid dienone is 1. The highest BCUT2D eigenvalue weighted by molar-refractivity contribution is 6.35. The minimum absolute atomic E-state index is 0.328. The standard InChI is InChI=1S/C18H16Cl2O2/c1-3-22-18(21)8-12(2)13-4-6-14(7-5-13)15-9-16(19)11-17(20)10-15/h4-11H,3H2,1-2H3/b12-8+. The predicted octanol–water partition coefficient (Wildman–Crippen LogP) is 5.63. The Morgan fingerprint density at radius 1 is 1.05 bits per heavy atom. The minimum atomic E-state index is -0.328. The maximum atomic E-state index is 11.5. The van der Waals surface area contributed by atoms with Crippen molar-refractivity contribution in [3.63, 3.8) is 0 Å². The third kappa shape index (κ3) is 4.36. The molecule has 0 aliphatic heterocycles. The van der Waals surface area contributed by atoms with Gasteiger partial charge in [-0.3, -0.25) is 0 Å². The number of halogens is 2. The van der Waals surface area contributed by atoms with Gasteiger partial charge in [0.2, 0.25) is 0 Å². The number of benzene rings is 2. The van der Waals surface area contributed by atoms with Gasteiger partial charge in [-0.25, -0.2) is 4.79 Å². The second kappa shape index (κ2) is 7.48. The fourth-order valence-corrected chi connectivity index (χ4v) is 2.62. The largest absolute Gasteiger partial charge is 0.463 e. The number of hydrogen-bond donors (Lipinski definition) is 0. The molecule has 2 rings (SSSR count). The molecule has 22 heavy (non-hydrogen) atoms. The van der Waals surface area contributed by atoms with E-state index in [0.29, 0.717) is 16.7 Å². The van der Waals surface area contributed by atoms with E-state index in [4.69, 9.17) is 27.9 Å². The topological polar surface area (TPSA) is 26.3 Å². The summed E-state index contributed by atoms with van der Waals surface area (Å²) < 4.78 is 4.91. The Bertz CT molecular complexity index is 683. The molecule has 0 aromatic heterocycles. The molecule has 0 N–H and O–H groups in total. The Hall–Kier alpha value is -1.77. The highest BCUT2D eigenvalue weighted by atomic mass is 35.5. The molecular weight excluding hydrogens is 319 g/mol. The van der Waals surface area contributed by atoms with Gasteiger partial charge in [0.15, 0.2) is 0 Å². The number of carbonyl (C=O) groups excluding carboxylic acids is 1. The summed E-state index contributed by atoms with van der Waals surface area (Å²) in [6.07, 6.45) is 1.49. The molecular formula is C18H16Cl2O2. The number of carbonyl (C=O) groups is 1. The van der Waals surface area contributed by atoms with Gasteiger partial charge in [-0.15, -0.1) is 0 Å². The Kier molecular flexibility index (Phi) is 5.64. The molecule has 0 atom stereocenters. The molecule has 114 valence electrons. The summed E-state index contributed by atoms with van der Waals surface area (Å²) in [5.74, 6) is -0.328. The lowest BCUT2D eigenvalue weighted by molar-refractivity contribution is -0.137. The second-order valence-corrected chi connectivity index (χ2v) is 5.69. The van der Waals surface area contributed by atoms with Gasteiger partial charge < -0.3 is 4.74 Å². The molecule has 0 spiro atoms. The van der Waals surface area contributed by atoms with Crippen molar-refractivity contribution in [1.82, 2.24) is 0 Å². The molecule has 4 heteroatoms. The highest BCUT2D eigenvalue weighted by Gasteiger charge is 2.04. The quantitative estimate of drug-likeness (QED) is 0.535. The Labute approximate surface area is 140 Å². The van der Waals surface area contributed by atoms with Gasteiger partial charge in [-0.1, -0.05) is 47.5 Å². The fraction of sp³-hybridized carbons (Fsp3) is 0.167. The Morgan fingerprint density at radius 2 is 1.64 bits per heavy atom. The first-order chi connectivity index (χ1) is 10.5. The normalized spacial score (nSPS) is 11.4. The molecule has 0 aliphatic rings. The first kappa shape index (κ1) is 16.6. The smallest absolute Gasteiger partial charge is 0.331 e. The molecule has 0 fully saturated rings. The van der Waals surface area contributed by atoms with Crippen LogP contribution in [0.1, 0.15) is 19.4 Å². The van der Waals surface area contributed by atoms with Crippen LogP contribution in [-0.2, 0) is 9.53 Å². The van der Waals surface area contributed by atoms with Crippen LogP contribution in [-0.4, -0.2) is 12.6 Å². The lowest BCUT2D eigenvalue weighted by Gasteiger charge is -2.06. The van der Waals surface area contributed by atoms with Crippen molar-refractivity contribution in [3.8, 4) is 11.1 Å². The summed E-state index contributed by atoms with van der Waals surface area (Å²) in [4.78, 5) is 11.5. The molecule has 0 saturated heterocycles. The molecule has 2 aromatic carbocycles. The zero-order chi connectivity index (χ0) is 16.1. The summed E-state index contributed by atoms with van der Waals surface area (Å²) >= 11 is 12.0. The van der Waals surface area contributed by atoms with Gasteiger partial charge in [0, 0.05) is 16.1 Å². The predicted molar refractivity (Wildman–Crippen MR) is 92.2 cm³/mol. The number of ether oxygens (including phenoxy) is 1. The molecule has 0 unspecified atom stereocenters. The van der Waals surface area contributed by atoms with Gasteiger partial charge in [0.05, 0.1) is 6.61 Å². The second-order valence-electron chi connectivity index (χ2n) is 4.81. The zero-order valence-corrected chi connectivity index (χ0v) is 13.9. The van der Waals surface area contributed by atoms with Gasteiger partial charge >= 0.3 is 5.97 Å². The molecule has 2 aromatic rings. The third-order valence-electron chi connectivity index (χ3n) is 3.16. The minimum Gasteiger partial charge on any atom is -0.463 e. The van der Waals surface area contributed by atoms with Gasteiger partial charge in [0.1, 0.15) is 0 Å². The Balaban J connectivity index is 2.25. The summed E-state index contributed by atoms with van der Waals surface area (Å²) in [5.41, 5.74) is 3.78.